The Morgan fingerprint density at radius 3 is 2.19 bits per heavy atom. The summed E-state index contributed by atoms with van der Waals surface area (Å²) in [6.07, 6.45) is 11.8. The largest absolute Gasteiger partial charge is 0.460 e. The number of likely N-dealkylation sites (tertiary alicyclic amines) is 1. The second-order valence-corrected chi connectivity index (χ2v) is 6.17. The minimum absolute atomic E-state index is 0.0656. The smallest absolute Gasteiger partial charge is 0.306 e. The van der Waals surface area contributed by atoms with E-state index < -0.39 is 0 Å². The van der Waals surface area contributed by atoms with Gasteiger partial charge in [-0.05, 0) is 6.42 Å². The first-order valence-corrected chi connectivity index (χ1v) is 8.57. The molecule has 0 N–H and O–H groups in total. The van der Waals surface area contributed by atoms with E-state index in [2.05, 4.69) is 6.92 Å². The number of nitrogens with zero attached hydrogens (tertiary/aromatic N) is 1. The molecule has 1 atom stereocenters. The van der Waals surface area contributed by atoms with Crippen molar-refractivity contribution in [2.45, 2.75) is 83.7 Å². The molecule has 4 heteroatoms. The molecule has 0 saturated carbocycles. The van der Waals surface area contributed by atoms with E-state index in [1.54, 1.807) is 11.9 Å². The van der Waals surface area contributed by atoms with E-state index in [4.69, 9.17) is 4.74 Å². The fraction of sp³-hybridized carbons (Fsp3) is 0.882. The van der Waals surface area contributed by atoms with Crippen LogP contribution in [0.3, 0.4) is 0 Å². The standard InChI is InChI=1S/C17H31NO3/c1-3-4-5-6-7-8-9-10-11-12-17(20)21-15-13-16(19)18(2)14-15/h15H,3-14H2,1-2H3/t15-/m0/s1. The summed E-state index contributed by atoms with van der Waals surface area (Å²) >= 11 is 0. The summed E-state index contributed by atoms with van der Waals surface area (Å²) in [5.74, 6) is -0.0816. The maximum absolute atomic E-state index is 11.7. The van der Waals surface area contributed by atoms with E-state index in [-0.39, 0.29) is 18.0 Å². The van der Waals surface area contributed by atoms with Gasteiger partial charge < -0.3 is 9.64 Å². The minimum Gasteiger partial charge on any atom is -0.460 e. The van der Waals surface area contributed by atoms with Crippen molar-refractivity contribution in [3.05, 3.63) is 0 Å². The Morgan fingerprint density at radius 2 is 1.67 bits per heavy atom. The van der Waals surface area contributed by atoms with Gasteiger partial charge >= 0.3 is 5.97 Å². The molecule has 1 aliphatic rings. The number of likely N-dealkylation sites (N-methyl/N-ethyl adjacent to an activating group) is 1. The first-order chi connectivity index (χ1) is 10.1. The topological polar surface area (TPSA) is 46.6 Å². The van der Waals surface area contributed by atoms with Gasteiger partial charge in [0.15, 0.2) is 0 Å². The zero-order valence-electron chi connectivity index (χ0n) is 13.7. The van der Waals surface area contributed by atoms with Crippen LogP contribution in [-0.4, -0.2) is 36.5 Å². The Hall–Kier alpha value is -1.06. The van der Waals surface area contributed by atoms with Crippen molar-refractivity contribution in [3.63, 3.8) is 0 Å². The molecule has 122 valence electrons. The number of hydrogen-bond donors (Lipinski definition) is 0. The molecule has 0 aliphatic carbocycles. The van der Waals surface area contributed by atoms with Crippen LogP contribution < -0.4 is 0 Å². The normalized spacial score (nSPS) is 18.3. The molecular weight excluding hydrogens is 266 g/mol. The van der Waals surface area contributed by atoms with Gasteiger partial charge in [0.05, 0.1) is 13.0 Å². The van der Waals surface area contributed by atoms with Crippen molar-refractivity contribution in [2.24, 2.45) is 0 Å². The van der Waals surface area contributed by atoms with Gasteiger partial charge in [-0.2, -0.15) is 0 Å². The summed E-state index contributed by atoms with van der Waals surface area (Å²) < 4.78 is 5.32. The molecule has 4 nitrogen and oxygen atoms in total. The Kier molecular flexibility index (Phi) is 9.11. The summed E-state index contributed by atoms with van der Waals surface area (Å²) in [6.45, 7) is 2.78. The Labute approximate surface area is 129 Å². The molecular formula is C17H31NO3. The average molecular weight is 297 g/mol. The monoisotopic (exact) mass is 297 g/mol. The number of rotatable bonds is 11. The van der Waals surface area contributed by atoms with Gasteiger partial charge in [0.25, 0.3) is 0 Å². The third-order valence-corrected chi connectivity index (χ3v) is 4.09. The molecule has 0 aromatic carbocycles. The Bertz CT molecular complexity index is 317. The highest BCUT2D eigenvalue weighted by Crippen LogP contribution is 2.14. The molecule has 0 unspecified atom stereocenters. The average Bonchev–Trinajstić information content (AvgIpc) is 2.75. The lowest BCUT2D eigenvalue weighted by Crippen LogP contribution is -2.23. The van der Waals surface area contributed by atoms with E-state index in [9.17, 15) is 9.59 Å². The predicted molar refractivity (Wildman–Crippen MR) is 84.0 cm³/mol. The van der Waals surface area contributed by atoms with E-state index in [1.807, 2.05) is 0 Å². The summed E-state index contributed by atoms with van der Waals surface area (Å²) in [5.41, 5.74) is 0. The molecule has 0 spiro atoms. The third kappa shape index (κ3) is 8.08. The molecule has 1 amide bonds. The molecule has 0 aromatic rings. The van der Waals surface area contributed by atoms with Crippen molar-refractivity contribution in [2.75, 3.05) is 13.6 Å². The zero-order chi connectivity index (χ0) is 15.5. The lowest BCUT2D eigenvalue weighted by Gasteiger charge is -2.11. The van der Waals surface area contributed by atoms with Crippen molar-refractivity contribution in [1.82, 2.24) is 4.90 Å². The molecule has 0 radical (unpaired) electrons. The van der Waals surface area contributed by atoms with Crippen LogP contribution in [-0.2, 0) is 14.3 Å². The number of carbonyl (C=O) groups is 2. The quantitative estimate of drug-likeness (QED) is 0.432. The van der Waals surface area contributed by atoms with Crippen LogP contribution in [0.25, 0.3) is 0 Å². The van der Waals surface area contributed by atoms with Crippen LogP contribution in [0, 0.1) is 0 Å². The Morgan fingerprint density at radius 1 is 1.10 bits per heavy atom. The SMILES string of the molecule is CCCCCCCCCCCC(=O)O[C@H]1CC(=O)N(C)C1. The third-order valence-electron chi connectivity index (χ3n) is 4.09. The molecule has 1 heterocycles. The van der Waals surface area contributed by atoms with Crippen LogP contribution in [0.4, 0.5) is 0 Å². The molecule has 1 rings (SSSR count). The first-order valence-electron chi connectivity index (χ1n) is 8.57. The van der Waals surface area contributed by atoms with E-state index >= 15 is 0 Å². The van der Waals surface area contributed by atoms with Crippen molar-refractivity contribution < 1.29 is 14.3 Å². The number of unbranched alkanes of at least 4 members (excludes halogenated alkanes) is 8. The second kappa shape index (κ2) is 10.6. The Balaban J connectivity index is 1.91. The number of hydrogen-bond acceptors (Lipinski definition) is 3. The molecule has 1 aliphatic heterocycles. The number of ether oxygens (including phenoxy) is 1. The van der Waals surface area contributed by atoms with Crippen LogP contribution in [0.5, 0.6) is 0 Å². The lowest BCUT2D eigenvalue weighted by molar-refractivity contribution is -0.148. The highest BCUT2D eigenvalue weighted by Gasteiger charge is 2.29. The van der Waals surface area contributed by atoms with Crippen LogP contribution in [0.2, 0.25) is 0 Å². The van der Waals surface area contributed by atoms with Crippen LogP contribution in [0.15, 0.2) is 0 Å². The summed E-state index contributed by atoms with van der Waals surface area (Å²) in [4.78, 5) is 24.6. The molecule has 0 bridgehead atoms. The van der Waals surface area contributed by atoms with Crippen LogP contribution >= 0.6 is 0 Å². The molecule has 0 aromatic heterocycles. The fourth-order valence-corrected chi connectivity index (χ4v) is 2.73. The predicted octanol–water partition coefficient (Wildman–Crippen LogP) is 3.68. The second-order valence-electron chi connectivity index (χ2n) is 6.17. The van der Waals surface area contributed by atoms with Crippen molar-refractivity contribution >= 4 is 11.9 Å². The minimum atomic E-state index is -0.228. The highest BCUT2D eigenvalue weighted by molar-refractivity contribution is 5.79. The van der Waals surface area contributed by atoms with E-state index in [0.29, 0.717) is 19.4 Å². The van der Waals surface area contributed by atoms with Gasteiger partial charge in [-0.25, -0.2) is 0 Å². The molecule has 1 saturated heterocycles. The van der Waals surface area contributed by atoms with Crippen molar-refractivity contribution in [1.29, 1.82) is 0 Å². The van der Waals surface area contributed by atoms with Gasteiger partial charge in [-0.3, -0.25) is 9.59 Å². The molecule has 1 fully saturated rings. The maximum atomic E-state index is 11.7. The summed E-state index contributed by atoms with van der Waals surface area (Å²) in [7, 11) is 1.75. The van der Waals surface area contributed by atoms with E-state index in [1.165, 1.54) is 44.9 Å². The first kappa shape index (κ1) is 18.0. The van der Waals surface area contributed by atoms with Gasteiger partial charge in [-0.1, -0.05) is 58.3 Å². The van der Waals surface area contributed by atoms with Gasteiger partial charge in [0, 0.05) is 13.5 Å². The van der Waals surface area contributed by atoms with Crippen LogP contribution in [0.1, 0.15) is 77.6 Å². The number of esters is 1. The highest BCUT2D eigenvalue weighted by atomic mass is 16.5. The zero-order valence-corrected chi connectivity index (χ0v) is 13.7. The summed E-state index contributed by atoms with van der Waals surface area (Å²) in [6, 6.07) is 0. The maximum Gasteiger partial charge on any atom is 0.306 e. The number of amides is 1. The summed E-state index contributed by atoms with van der Waals surface area (Å²) in [5, 5.41) is 0. The van der Waals surface area contributed by atoms with Gasteiger partial charge in [0.1, 0.15) is 6.10 Å². The molecule has 21 heavy (non-hydrogen) atoms. The van der Waals surface area contributed by atoms with Crippen molar-refractivity contribution in [3.8, 4) is 0 Å². The van der Waals surface area contributed by atoms with Gasteiger partial charge in [-0.15, -0.1) is 0 Å². The lowest BCUT2D eigenvalue weighted by atomic mass is 10.1. The van der Waals surface area contributed by atoms with Gasteiger partial charge in [0.2, 0.25) is 5.91 Å². The fourth-order valence-electron chi connectivity index (χ4n) is 2.73. The van der Waals surface area contributed by atoms with E-state index in [0.717, 1.165) is 12.8 Å². The number of carbonyl (C=O) groups excluding carboxylic acids is 2.